The summed E-state index contributed by atoms with van der Waals surface area (Å²) in [5.74, 6) is 1.74. The summed E-state index contributed by atoms with van der Waals surface area (Å²) in [6.07, 6.45) is 3.53. The predicted octanol–water partition coefficient (Wildman–Crippen LogP) is 1.12. The average molecular weight is 224 g/mol. The van der Waals surface area contributed by atoms with Gasteiger partial charge in [-0.15, -0.1) is 0 Å². The van der Waals surface area contributed by atoms with Crippen LogP contribution in [0.2, 0.25) is 0 Å². The Morgan fingerprint density at radius 3 is 2.88 bits per heavy atom. The molecule has 0 bridgehead atoms. The van der Waals surface area contributed by atoms with Crippen LogP contribution in [0.4, 0.5) is 0 Å². The molecule has 2 heterocycles. The summed E-state index contributed by atoms with van der Waals surface area (Å²) in [7, 11) is 1.78. The molecule has 3 heteroatoms. The van der Waals surface area contributed by atoms with Crippen molar-refractivity contribution >= 4 is 0 Å². The van der Waals surface area contributed by atoms with Gasteiger partial charge < -0.3 is 10.1 Å². The molecule has 0 aliphatic carbocycles. The van der Waals surface area contributed by atoms with Crippen LogP contribution in [0.3, 0.4) is 0 Å². The second-order valence-electron chi connectivity index (χ2n) is 5.20. The van der Waals surface area contributed by atoms with Gasteiger partial charge >= 0.3 is 0 Å². The van der Waals surface area contributed by atoms with Gasteiger partial charge in [0.15, 0.2) is 0 Å². The first-order valence-corrected chi connectivity index (χ1v) is 6.39. The van der Waals surface area contributed by atoms with Crippen LogP contribution in [0.15, 0.2) is 11.6 Å². The molecule has 2 rings (SSSR count). The predicted molar refractivity (Wildman–Crippen MR) is 66.5 cm³/mol. The third-order valence-electron chi connectivity index (χ3n) is 3.88. The van der Waals surface area contributed by atoms with Crippen LogP contribution in [0.5, 0.6) is 0 Å². The molecule has 0 radical (unpaired) electrons. The van der Waals surface area contributed by atoms with Crippen molar-refractivity contribution in [2.24, 2.45) is 11.8 Å². The maximum Gasteiger partial charge on any atom is 0.0673 e. The van der Waals surface area contributed by atoms with Gasteiger partial charge in [-0.2, -0.15) is 0 Å². The average Bonchev–Trinajstić information content (AvgIpc) is 2.18. The van der Waals surface area contributed by atoms with Gasteiger partial charge in [-0.1, -0.05) is 13.0 Å². The molecule has 2 aliphatic rings. The van der Waals surface area contributed by atoms with Gasteiger partial charge in [-0.05, 0) is 36.9 Å². The van der Waals surface area contributed by atoms with Crippen LogP contribution >= 0.6 is 0 Å². The number of ether oxygens (including phenoxy) is 1. The van der Waals surface area contributed by atoms with Crippen LogP contribution in [0.1, 0.15) is 13.3 Å². The van der Waals surface area contributed by atoms with E-state index in [4.69, 9.17) is 4.74 Å². The Labute approximate surface area is 98.8 Å². The second-order valence-corrected chi connectivity index (χ2v) is 5.20. The van der Waals surface area contributed by atoms with E-state index in [9.17, 15) is 0 Å². The maximum absolute atomic E-state index is 5.17. The van der Waals surface area contributed by atoms with E-state index in [1.54, 1.807) is 7.11 Å². The van der Waals surface area contributed by atoms with Gasteiger partial charge in [0, 0.05) is 26.7 Å². The van der Waals surface area contributed by atoms with Gasteiger partial charge in [0.2, 0.25) is 0 Å². The fourth-order valence-corrected chi connectivity index (χ4v) is 2.51. The highest BCUT2D eigenvalue weighted by atomic mass is 16.5. The molecule has 0 aromatic rings. The number of hydrogen-bond acceptors (Lipinski definition) is 3. The lowest BCUT2D eigenvalue weighted by molar-refractivity contribution is 0.166. The molecule has 0 spiro atoms. The van der Waals surface area contributed by atoms with Gasteiger partial charge in [0.05, 0.1) is 6.61 Å². The lowest BCUT2D eigenvalue weighted by Crippen LogP contribution is -2.48. The first kappa shape index (κ1) is 12.1. The molecular formula is C13H24N2O. The van der Waals surface area contributed by atoms with Crippen molar-refractivity contribution in [1.29, 1.82) is 0 Å². The summed E-state index contributed by atoms with van der Waals surface area (Å²) in [5.41, 5.74) is 1.47. The minimum atomic E-state index is 0.815. The van der Waals surface area contributed by atoms with Gasteiger partial charge in [-0.25, -0.2) is 0 Å². The summed E-state index contributed by atoms with van der Waals surface area (Å²) in [5, 5.41) is 3.36. The highest BCUT2D eigenvalue weighted by molar-refractivity contribution is 5.07. The Bertz CT molecular complexity index is 248. The van der Waals surface area contributed by atoms with Crippen molar-refractivity contribution in [2.75, 3.05) is 46.4 Å². The van der Waals surface area contributed by atoms with E-state index in [-0.39, 0.29) is 0 Å². The molecule has 1 fully saturated rings. The Morgan fingerprint density at radius 1 is 1.56 bits per heavy atom. The van der Waals surface area contributed by atoms with E-state index in [0.717, 1.165) is 25.0 Å². The smallest absolute Gasteiger partial charge is 0.0673 e. The van der Waals surface area contributed by atoms with Crippen LogP contribution < -0.4 is 5.32 Å². The van der Waals surface area contributed by atoms with Gasteiger partial charge in [0.25, 0.3) is 0 Å². The van der Waals surface area contributed by atoms with Crippen LogP contribution in [-0.4, -0.2) is 51.3 Å². The number of rotatable bonds is 5. The third-order valence-corrected chi connectivity index (χ3v) is 3.88. The summed E-state index contributed by atoms with van der Waals surface area (Å²) < 4.78 is 5.17. The SMILES string of the molecule is COCC1=CCN(CC(C)C2CNC2)CC1. The normalized spacial score (nSPS) is 25.0. The molecule has 1 unspecified atom stereocenters. The Kier molecular flexibility index (Phi) is 4.38. The van der Waals surface area contributed by atoms with E-state index >= 15 is 0 Å². The van der Waals surface area contributed by atoms with E-state index < -0.39 is 0 Å². The molecule has 0 saturated carbocycles. The zero-order chi connectivity index (χ0) is 11.4. The van der Waals surface area contributed by atoms with Crippen molar-refractivity contribution in [3.63, 3.8) is 0 Å². The molecule has 0 aromatic heterocycles. The van der Waals surface area contributed by atoms with Gasteiger partial charge in [-0.3, -0.25) is 4.90 Å². The fraction of sp³-hybridized carbons (Fsp3) is 0.846. The number of nitrogens with one attached hydrogen (secondary N) is 1. The topological polar surface area (TPSA) is 24.5 Å². The first-order valence-electron chi connectivity index (χ1n) is 6.39. The zero-order valence-electron chi connectivity index (χ0n) is 10.5. The van der Waals surface area contributed by atoms with Crippen molar-refractivity contribution in [3.05, 3.63) is 11.6 Å². The van der Waals surface area contributed by atoms with Crippen LogP contribution in [-0.2, 0) is 4.74 Å². The van der Waals surface area contributed by atoms with Crippen LogP contribution in [0, 0.1) is 11.8 Å². The van der Waals surface area contributed by atoms with E-state index in [0.29, 0.717) is 0 Å². The third kappa shape index (κ3) is 3.06. The van der Waals surface area contributed by atoms with Crippen molar-refractivity contribution < 1.29 is 4.74 Å². The Morgan fingerprint density at radius 2 is 2.38 bits per heavy atom. The highest BCUT2D eigenvalue weighted by Gasteiger charge is 2.25. The minimum absolute atomic E-state index is 0.815. The van der Waals surface area contributed by atoms with E-state index in [1.807, 2.05) is 0 Å². The van der Waals surface area contributed by atoms with Gasteiger partial charge in [0.1, 0.15) is 0 Å². The Balaban J connectivity index is 1.71. The monoisotopic (exact) mass is 224 g/mol. The molecule has 0 amide bonds. The van der Waals surface area contributed by atoms with E-state index in [1.165, 1.54) is 38.2 Å². The quantitative estimate of drug-likeness (QED) is 0.708. The zero-order valence-corrected chi connectivity index (χ0v) is 10.5. The van der Waals surface area contributed by atoms with Crippen LogP contribution in [0.25, 0.3) is 0 Å². The Hall–Kier alpha value is -0.380. The molecule has 1 saturated heterocycles. The molecule has 3 nitrogen and oxygen atoms in total. The van der Waals surface area contributed by atoms with Crippen molar-refractivity contribution in [3.8, 4) is 0 Å². The minimum Gasteiger partial charge on any atom is -0.380 e. The second kappa shape index (κ2) is 5.80. The van der Waals surface area contributed by atoms with Crippen molar-refractivity contribution in [1.82, 2.24) is 10.2 Å². The van der Waals surface area contributed by atoms with E-state index in [2.05, 4.69) is 23.2 Å². The molecular weight excluding hydrogens is 200 g/mol. The molecule has 92 valence electrons. The highest BCUT2D eigenvalue weighted by Crippen LogP contribution is 2.19. The summed E-state index contributed by atoms with van der Waals surface area (Å²) in [4.78, 5) is 2.57. The molecule has 0 aromatic carbocycles. The molecule has 1 atom stereocenters. The largest absolute Gasteiger partial charge is 0.380 e. The molecule has 1 N–H and O–H groups in total. The molecule has 16 heavy (non-hydrogen) atoms. The lowest BCUT2D eigenvalue weighted by Gasteiger charge is -2.36. The number of methoxy groups -OCH3 is 1. The number of hydrogen-bond donors (Lipinski definition) is 1. The van der Waals surface area contributed by atoms with Crippen molar-refractivity contribution in [2.45, 2.75) is 13.3 Å². The fourth-order valence-electron chi connectivity index (χ4n) is 2.51. The molecule has 2 aliphatic heterocycles. The lowest BCUT2D eigenvalue weighted by atomic mass is 9.88. The maximum atomic E-state index is 5.17. The summed E-state index contributed by atoms with van der Waals surface area (Å²) in [6.45, 7) is 9.22. The first-order chi connectivity index (χ1) is 7.79. The summed E-state index contributed by atoms with van der Waals surface area (Å²) in [6, 6.07) is 0. The summed E-state index contributed by atoms with van der Waals surface area (Å²) >= 11 is 0. The number of nitrogens with zero attached hydrogens (tertiary/aromatic N) is 1. The standard InChI is InChI=1S/C13H24N2O/c1-11(13-7-14-8-13)9-15-5-3-12(4-6-15)10-16-2/h3,11,13-14H,4-10H2,1-2H3.